The molecule has 2 fully saturated rings. The normalized spacial score (nSPS) is 25.0. The van der Waals surface area contributed by atoms with Gasteiger partial charge in [-0.05, 0) is 123 Å². The lowest BCUT2D eigenvalue weighted by molar-refractivity contribution is -0.284. The summed E-state index contributed by atoms with van der Waals surface area (Å²) in [5.41, 5.74) is 5.43. The number of pyridine rings is 1. The number of ether oxygens (including phenoxy) is 1. The first-order valence-corrected chi connectivity index (χ1v) is 19.8. The van der Waals surface area contributed by atoms with Gasteiger partial charge in [0.25, 0.3) is 0 Å². The first-order chi connectivity index (χ1) is 24.1. The highest BCUT2D eigenvalue weighted by Gasteiger charge is 2.57. The molecular formula is C40H53F5N2O4S. The topological polar surface area (TPSA) is 76.6 Å². The summed E-state index contributed by atoms with van der Waals surface area (Å²) in [6.07, 6.45) is 1.00. The van der Waals surface area contributed by atoms with Gasteiger partial charge in [-0.3, -0.25) is 18.9 Å². The third-order valence-electron chi connectivity index (χ3n) is 13.2. The van der Waals surface area contributed by atoms with E-state index in [-0.39, 0.29) is 22.7 Å². The molecule has 52 heavy (non-hydrogen) atoms. The van der Waals surface area contributed by atoms with Crippen molar-refractivity contribution in [3.63, 3.8) is 0 Å². The summed E-state index contributed by atoms with van der Waals surface area (Å²) in [6.45, 7) is 14.6. The van der Waals surface area contributed by atoms with Gasteiger partial charge >= 0.3 is 18.2 Å². The van der Waals surface area contributed by atoms with Crippen LogP contribution in [0, 0.1) is 29.6 Å². The van der Waals surface area contributed by atoms with Crippen molar-refractivity contribution in [3.8, 4) is 5.75 Å². The summed E-state index contributed by atoms with van der Waals surface area (Å²) in [6, 6.07) is 8.29. The van der Waals surface area contributed by atoms with Crippen LogP contribution < -0.4 is 4.74 Å². The molecule has 1 aliphatic heterocycles. The number of carbonyl (C=O) groups is 2. The smallest absolute Gasteiger partial charge is 0.410 e. The Morgan fingerprint density at radius 2 is 1.75 bits per heavy atom. The molecule has 1 aromatic carbocycles. The van der Waals surface area contributed by atoms with Crippen LogP contribution in [0.15, 0.2) is 30.5 Å². The van der Waals surface area contributed by atoms with E-state index in [4.69, 9.17) is 4.74 Å². The van der Waals surface area contributed by atoms with Gasteiger partial charge in [0.05, 0.1) is 18.8 Å². The quantitative estimate of drug-likeness (QED) is 0.251. The minimum Gasteiger partial charge on any atom is -0.410 e. The summed E-state index contributed by atoms with van der Waals surface area (Å²) in [5, 5.41) is 0. The van der Waals surface area contributed by atoms with Crippen LogP contribution in [0.25, 0.3) is 0 Å². The van der Waals surface area contributed by atoms with Gasteiger partial charge in [-0.15, -0.1) is 0 Å². The molecule has 5 atom stereocenters. The second-order valence-electron chi connectivity index (χ2n) is 16.6. The lowest BCUT2D eigenvalue weighted by atomic mass is 9.55. The third-order valence-corrected chi connectivity index (χ3v) is 15.5. The molecule has 0 bridgehead atoms. The molecule has 2 aromatic rings. The minimum absolute atomic E-state index is 0.0919. The number of hydrogen-bond acceptors (Lipinski definition) is 5. The predicted octanol–water partition coefficient (Wildman–Crippen LogP) is 10.3. The Hall–Kier alpha value is -2.89. The molecule has 1 amide bonds. The molecule has 2 saturated carbocycles. The van der Waals surface area contributed by atoms with Crippen molar-refractivity contribution in [2.24, 2.45) is 22.7 Å². The highest BCUT2D eigenvalue weighted by atomic mass is 32.2. The van der Waals surface area contributed by atoms with Crippen molar-refractivity contribution in [2.45, 2.75) is 142 Å². The predicted molar refractivity (Wildman–Crippen MR) is 192 cm³/mol. The third kappa shape index (κ3) is 7.69. The lowest BCUT2D eigenvalue weighted by Gasteiger charge is -2.48. The van der Waals surface area contributed by atoms with E-state index in [0.717, 1.165) is 61.8 Å². The fourth-order valence-electron chi connectivity index (χ4n) is 8.64. The maximum Gasteiger partial charge on any atom is 0.453 e. The number of halogens is 5. The van der Waals surface area contributed by atoms with Crippen LogP contribution in [-0.4, -0.2) is 48.6 Å². The molecule has 3 aliphatic carbocycles. The molecule has 6 nitrogen and oxygen atoms in total. The average molecular weight is 753 g/mol. The Morgan fingerprint density at radius 3 is 2.40 bits per heavy atom. The molecule has 0 saturated heterocycles. The zero-order valence-corrected chi connectivity index (χ0v) is 32.2. The number of amides is 1. The number of Topliss-reactive ketones (excluding diaryl/α,β-unsaturated/α-hetero) is 1. The average Bonchev–Trinajstić information content (AvgIpc) is 3.65. The van der Waals surface area contributed by atoms with Crippen molar-refractivity contribution in [1.29, 1.82) is 0 Å². The zero-order valence-electron chi connectivity index (χ0n) is 31.4. The van der Waals surface area contributed by atoms with Crippen LogP contribution in [0.1, 0.15) is 127 Å². The maximum atomic E-state index is 12.9. The number of ketones is 1. The summed E-state index contributed by atoms with van der Waals surface area (Å²) in [4.78, 5) is 31.5. The van der Waals surface area contributed by atoms with Gasteiger partial charge in [0.15, 0.2) is 0 Å². The number of fused-ring (bicyclic) bond motifs is 6. The van der Waals surface area contributed by atoms with E-state index in [0.29, 0.717) is 42.4 Å². The van der Waals surface area contributed by atoms with Crippen molar-refractivity contribution >= 4 is 22.7 Å². The Bertz CT molecular complexity index is 1670. The Kier molecular flexibility index (Phi) is 11.4. The summed E-state index contributed by atoms with van der Waals surface area (Å²) in [5.74, 6) is -2.02. The molecule has 0 N–H and O–H groups in total. The number of hydrogen-bond donors (Lipinski definition) is 0. The van der Waals surface area contributed by atoms with Gasteiger partial charge in [0.1, 0.15) is 11.5 Å². The fraction of sp³-hybridized carbons (Fsp3) is 0.675. The minimum atomic E-state index is -5.54. The van der Waals surface area contributed by atoms with Crippen molar-refractivity contribution in [3.05, 3.63) is 58.4 Å². The van der Waals surface area contributed by atoms with E-state index in [1.165, 1.54) is 11.1 Å². The number of aromatic nitrogens is 1. The summed E-state index contributed by atoms with van der Waals surface area (Å²) < 4.78 is 79.0. The van der Waals surface area contributed by atoms with Crippen LogP contribution in [-0.2, 0) is 35.1 Å². The van der Waals surface area contributed by atoms with Gasteiger partial charge in [0, 0.05) is 45.8 Å². The number of benzene rings is 1. The van der Waals surface area contributed by atoms with Gasteiger partial charge in [0.2, 0.25) is 0 Å². The van der Waals surface area contributed by atoms with Crippen LogP contribution in [0.2, 0.25) is 0 Å². The standard InChI is InChI=1S/C27H30N2O3.C13H23F5OS/c1-16-12-21-17(5-6-20-19(21)9-10-27(2)22(20)7-8-25(27)30)13-24(16)32-26(31)29-14-18-4-3-11-28-23(18)15-29;1-6-10(2,3)11(4,5)20(19)9-7-8-12(14,15)13(16,17)18/h3-4,11-13,19-20,22H,5-10,14-15H2,1-2H3;6-9H2,1-5H3. The van der Waals surface area contributed by atoms with E-state index >= 15 is 0 Å². The zero-order chi connectivity index (χ0) is 38.4. The summed E-state index contributed by atoms with van der Waals surface area (Å²) >= 11 is 0. The van der Waals surface area contributed by atoms with Gasteiger partial charge in [-0.1, -0.05) is 39.8 Å². The molecule has 12 heteroatoms. The highest BCUT2D eigenvalue weighted by molar-refractivity contribution is 7.86. The van der Waals surface area contributed by atoms with Crippen LogP contribution in [0.3, 0.4) is 0 Å². The second-order valence-corrected chi connectivity index (χ2v) is 18.7. The van der Waals surface area contributed by atoms with Crippen molar-refractivity contribution < 1.29 is 40.5 Å². The van der Waals surface area contributed by atoms with E-state index in [1.54, 1.807) is 24.9 Å². The summed E-state index contributed by atoms with van der Waals surface area (Å²) in [7, 11) is -1.46. The SMILES string of the molecule is CCC(C)(C)C(C)(C)S(=O)CCCC(F)(F)C(F)(F)F.Cc1cc2c(cc1OC(=O)N1Cc3cccnc3C1)CCC1C2CCC2(C)C(=O)CCC12. The molecule has 1 aromatic heterocycles. The maximum absolute atomic E-state index is 12.9. The first kappa shape index (κ1) is 40.3. The van der Waals surface area contributed by atoms with E-state index in [1.807, 2.05) is 39.8 Å². The molecule has 2 heterocycles. The first-order valence-electron chi connectivity index (χ1n) is 18.5. The fourth-order valence-corrected chi connectivity index (χ4v) is 10.3. The molecule has 0 spiro atoms. The molecule has 5 unspecified atom stereocenters. The van der Waals surface area contributed by atoms with Gasteiger partial charge in [-0.2, -0.15) is 22.0 Å². The van der Waals surface area contributed by atoms with Gasteiger partial charge in [-0.25, -0.2) is 4.79 Å². The van der Waals surface area contributed by atoms with Crippen molar-refractivity contribution in [2.75, 3.05) is 5.75 Å². The second kappa shape index (κ2) is 14.7. The van der Waals surface area contributed by atoms with E-state index in [9.17, 15) is 35.8 Å². The monoisotopic (exact) mass is 752 g/mol. The van der Waals surface area contributed by atoms with Gasteiger partial charge < -0.3 is 4.74 Å². The molecular weight excluding hydrogens is 700 g/mol. The Balaban J connectivity index is 0.000000228. The van der Waals surface area contributed by atoms with Crippen molar-refractivity contribution in [1.82, 2.24) is 9.88 Å². The molecule has 6 rings (SSSR count). The number of alkyl halides is 5. The van der Waals surface area contributed by atoms with Crippen LogP contribution in [0.4, 0.5) is 26.7 Å². The van der Waals surface area contributed by atoms with E-state index in [2.05, 4.69) is 24.0 Å². The number of rotatable bonds is 8. The molecule has 0 radical (unpaired) electrons. The number of nitrogens with zero attached hydrogens (tertiary/aromatic N) is 2. The number of carbonyl (C=O) groups excluding carboxylic acids is 2. The highest BCUT2D eigenvalue weighted by Crippen LogP contribution is 2.59. The van der Waals surface area contributed by atoms with Crippen LogP contribution in [0.5, 0.6) is 5.75 Å². The molecule has 4 aliphatic rings. The van der Waals surface area contributed by atoms with Crippen LogP contribution >= 0.6 is 0 Å². The molecule has 288 valence electrons. The lowest BCUT2D eigenvalue weighted by Crippen LogP contribution is -2.44. The number of aryl methyl sites for hydroxylation is 2. The van der Waals surface area contributed by atoms with E-state index < -0.39 is 40.5 Å². The Morgan fingerprint density at radius 1 is 1.04 bits per heavy atom. The largest absolute Gasteiger partial charge is 0.453 e. The Labute approximate surface area is 307 Å².